The molecule has 1 aromatic heterocycles. The lowest BCUT2D eigenvalue weighted by Gasteiger charge is -2.31. The van der Waals surface area contributed by atoms with Crippen LogP contribution in [0, 0.1) is 5.92 Å². The minimum absolute atomic E-state index is 0.0177. The van der Waals surface area contributed by atoms with E-state index in [0.717, 1.165) is 29.5 Å². The van der Waals surface area contributed by atoms with E-state index < -0.39 is 10.0 Å². The highest BCUT2D eigenvalue weighted by Crippen LogP contribution is 2.31. The summed E-state index contributed by atoms with van der Waals surface area (Å²) >= 11 is 4.51. The topological polar surface area (TPSA) is 66.5 Å². The number of nitrogens with zero attached hydrogens (tertiary/aromatic N) is 1. The molecule has 0 unspecified atom stereocenters. The van der Waals surface area contributed by atoms with E-state index in [9.17, 15) is 13.2 Å². The van der Waals surface area contributed by atoms with E-state index in [4.69, 9.17) is 0 Å². The second-order valence-electron chi connectivity index (χ2n) is 6.25. The Balaban J connectivity index is 1.66. The van der Waals surface area contributed by atoms with Gasteiger partial charge in [-0.2, -0.15) is 4.31 Å². The maximum absolute atomic E-state index is 12.7. The van der Waals surface area contributed by atoms with Crippen LogP contribution in [-0.4, -0.2) is 37.8 Å². The fourth-order valence-electron chi connectivity index (χ4n) is 3.33. The molecule has 1 saturated carbocycles. The summed E-state index contributed by atoms with van der Waals surface area (Å²) in [5.41, 5.74) is 0. The molecule has 1 aliphatic carbocycles. The third-order valence-electron chi connectivity index (χ3n) is 4.60. The van der Waals surface area contributed by atoms with Crippen LogP contribution >= 0.6 is 27.3 Å². The van der Waals surface area contributed by atoms with E-state index >= 15 is 0 Å². The van der Waals surface area contributed by atoms with Crippen molar-refractivity contribution in [2.24, 2.45) is 5.92 Å². The van der Waals surface area contributed by atoms with Crippen molar-refractivity contribution in [3.05, 3.63) is 15.9 Å². The SMILES string of the molecule is O=C(NC1CCCC1)[C@@H]1CCCN(S(=O)(=O)c2ccc(Br)s2)C1. The Hall–Kier alpha value is -0.440. The molecule has 8 heteroatoms. The first-order valence-corrected chi connectivity index (χ1v) is 11.1. The quantitative estimate of drug-likeness (QED) is 0.813. The number of sulfonamides is 1. The maximum atomic E-state index is 12.7. The first kappa shape index (κ1) is 17.4. The van der Waals surface area contributed by atoms with Gasteiger partial charge in [0.25, 0.3) is 10.0 Å². The van der Waals surface area contributed by atoms with Crippen molar-refractivity contribution >= 4 is 43.2 Å². The number of hydrogen-bond donors (Lipinski definition) is 1. The van der Waals surface area contributed by atoms with Gasteiger partial charge in [-0.15, -0.1) is 11.3 Å². The molecule has 1 amide bonds. The molecule has 2 fully saturated rings. The van der Waals surface area contributed by atoms with Gasteiger partial charge in [0.2, 0.25) is 5.91 Å². The number of nitrogens with one attached hydrogen (secondary N) is 1. The van der Waals surface area contributed by atoms with E-state index in [2.05, 4.69) is 21.2 Å². The average Bonchev–Trinajstić information content (AvgIpc) is 3.19. The summed E-state index contributed by atoms with van der Waals surface area (Å²) in [4.78, 5) is 12.4. The largest absolute Gasteiger partial charge is 0.353 e. The summed E-state index contributed by atoms with van der Waals surface area (Å²) in [6.07, 6.45) is 5.92. The predicted octanol–water partition coefficient (Wildman–Crippen LogP) is 2.97. The number of rotatable bonds is 4. The molecule has 2 aliphatic rings. The number of hydrogen-bond acceptors (Lipinski definition) is 4. The van der Waals surface area contributed by atoms with Gasteiger partial charge in [0, 0.05) is 19.1 Å². The normalized spacial score (nSPS) is 24.0. The lowest BCUT2D eigenvalue weighted by Crippen LogP contribution is -2.47. The lowest BCUT2D eigenvalue weighted by atomic mass is 9.98. The third-order valence-corrected chi connectivity index (χ3v) is 8.56. The fraction of sp³-hybridized carbons (Fsp3) is 0.667. The van der Waals surface area contributed by atoms with E-state index in [1.165, 1.54) is 28.5 Å². The van der Waals surface area contributed by atoms with Crippen LogP contribution in [0.1, 0.15) is 38.5 Å². The summed E-state index contributed by atoms with van der Waals surface area (Å²) < 4.78 is 28.0. The number of carbonyl (C=O) groups excluding carboxylic acids is 1. The van der Waals surface area contributed by atoms with E-state index in [0.29, 0.717) is 10.8 Å². The van der Waals surface area contributed by atoms with E-state index in [1.54, 1.807) is 12.1 Å². The predicted molar refractivity (Wildman–Crippen MR) is 93.9 cm³/mol. The van der Waals surface area contributed by atoms with Gasteiger partial charge in [0.15, 0.2) is 0 Å². The van der Waals surface area contributed by atoms with Crippen LogP contribution < -0.4 is 5.32 Å². The molecule has 1 aromatic rings. The summed E-state index contributed by atoms with van der Waals surface area (Å²) in [6, 6.07) is 3.64. The molecule has 1 N–H and O–H groups in total. The molecule has 5 nitrogen and oxygen atoms in total. The van der Waals surface area contributed by atoms with Gasteiger partial charge in [-0.25, -0.2) is 8.42 Å². The number of halogens is 1. The zero-order valence-corrected chi connectivity index (χ0v) is 16.1. The Morgan fingerprint density at radius 3 is 2.61 bits per heavy atom. The standard InChI is InChI=1S/C15H21BrN2O3S2/c16-13-7-8-14(22-13)23(20,21)18-9-3-4-11(10-18)15(19)17-12-5-1-2-6-12/h7-8,11-12H,1-6,9-10H2,(H,17,19)/t11-/m1/s1. The van der Waals surface area contributed by atoms with Crippen molar-refractivity contribution in [2.45, 2.75) is 48.8 Å². The maximum Gasteiger partial charge on any atom is 0.252 e. The fourth-order valence-corrected chi connectivity index (χ4v) is 7.02. The Bertz CT molecular complexity index is 668. The first-order chi connectivity index (χ1) is 11.0. The lowest BCUT2D eigenvalue weighted by molar-refractivity contribution is -0.126. The summed E-state index contributed by atoms with van der Waals surface area (Å²) in [5.74, 6) is -0.216. The van der Waals surface area contributed by atoms with Gasteiger partial charge in [0.1, 0.15) is 4.21 Å². The molecule has 0 aromatic carbocycles. The average molecular weight is 421 g/mol. The molecular formula is C15H21BrN2O3S2. The molecule has 0 bridgehead atoms. The number of carbonyl (C=O) groups is 1. The van der Waals surface area contributed by atoms with Crippen molar-refractivity contribution in [1.82, 2.24) is 9.62 Å². The molecule has 2 heterocycles. The molecule has 1 aliphatic heterocycles. The number of piperidine rings is 1. The van der Waals surface area contributed by atoms with Crippen LogP contribution in [0.2, 0.25) is 0 Å². The Morgan fingerprint density at radius 2 is 1.96 bits per heavy atom. The highest BCUT2D eigenvalue weighted by molar-refractivity contribution is 9.11. The Morgan fingerprint density at radius 1 is 1.22 bits per heavy atom. The highest BCUT2D eigenvalue weighted by atomic mass is 79.9. The van der Waals surface area contributed by atoms with Gasteiger partial charge >= 0.3 is 0 Å². The smallest absolute Gasteiger partial charge is 0.252 e. The molecule has 0 radical (unpaired) electrons. The zero-order valence-electron chi connectivity index (χ0n) is 12.8. The molecular weight excluding hydrogens is 400 g/mol. The van der Waals surface area contributed by atoms with Gasteiger partial charge in [-0.3, -0.25) is 4.79 Å². The van der Waals surface area contributed by atoms with Crippen LogP contribution in [0.3, 0.4) is 0 Å². The second-order valence-corrected chi connectivity index (χ2v) is 10.9. The van der Waals surface area contributed by atoms with Gasteiger partial charge < -0.3 is 5.32 Å². The van der Waals surface area contributed by atoms with Crippen molar-refractivity contribution < 1.29 is 13.2 Å². The monoisotopic (exact) mass is 420 g/mol. The van der Waals surface area contributed by atoms with Crippen LogP contribution in [0.4, 0.5) is 0 Å². The Kier molecular flexibility index (Phi) is 5.45. The molecule has 128 valence electrons. The molecule has 3 rings (SSSR count). The molecule has 23 heavy (non-hydrogen) atoms. The van der Waals surface area contributed by atoms with Crippen molar-refractivity contribution in [1.29, 1.82) is 0 Å². The molecule has 1 saturated heterocycles. The minimum atomic E-state index is -3.49. The zero-order chi connectivity index (χ0) is 16.4. The van der Waals surface area contributed by atoms with Gasteiger partial charge in [-0.1, -0.05) is 12.8 Å². The minimum Gasteiger partial charge on any atom is -0.353 e. The van der Waals surface area contributed by atoms with E-state index in [-0.39, 0.29) is 24.4 Å². The third kappa shape index (κ3) is 3.97. The van der Waals surface area contributed by atoms with Gasteiger partial charge in [0.05, 0.1) is 9.70 Å². The van der Waals surface area contributed by atoms with Crippen LogP contribution in [0.5, 0.6) is 0 Å². The highest BCUT2D eigenvalue weighted by Gasteiger charge is 2.34. The summed E-state index contributed by atoms with van der Waals surface area (Å²) in [7, 11) is -3.49. The second kappa shape index (κ2) is 7.21. The van der Waals surface area contributed by atoms with Crippen molar-refractivity contribution in [3.8, 4) is 0 Å². The molecule has 0 spiro atoms. The van der Waals surface area contributed by atoms with Crippen LogP contribution in [-0.2, 0) is 14.8 Å². The number of thiophene rings is 1. The van der Waals surface area contributed by atoms with E-state index in [1.807, 2.05) is 0 Å². The Labute approximate surface area is 149 Å². The summed E-state index contributed by atoms with van der Waals surface area (Å²) in [6.45, 7) is 0.779. The molecule has 1 atom stereocenters. The summed E-state index contributed by atoms with van der Waals surface area (Å²) in [5, 5.41) is 3.10. The van der Waals surface area contributed by atoms with Crippen molar-refractivity contribution in [2.75, 3.05) is 13.1 Å². The van der Waals surface area contributed by atoms with Crippen molar-refractivity contribution in [3.63, 3.8) is 0 Å². The number of amides is 1. The first-order valence-electron chi connectivity index (χ1n) is 8.02. The van der Waals surface area contributed by atoms with Gasteiger partial charge in [-0.05, 0) is 53.7 Å². The van der Waals surface area contributed by atoms with Crippen LogP contribution in [0.15, 0.2) is 20.1 Å². The van der Waals surface area contributed by atoms with Crippen LogP contribution in [0.25, 0.3) is 0 Å².